The van der Waals surface area contributed by atoms with Crippen LogP contribution in [0.2, 0.25) is 0 Å². The lowest BCUT2D eigenvalue weighted by atomic mass is 9.80. The molecular weight excluding hydrogens is 504 g/mol. The van der Waals surface area contributed by atoms with Gasteiger partial charge in [-0.15, -0.1) is 0 Å². The highest BCUT2D eigenvalue weighted by Gasteiger charge is 2.37. The highest BCUT2D eigenvalue weighted by molar-refractivity contribution is 5.66. The molecule has 1 N–H and O–H groups in total. The molecule has 0 aliphatic carbocycles. The van der Waals surface area contributed by atoms with E-state index in [0.717, 1.165) is 60.3 Å². The molecule has 2 atom stereocenters. The van der Waals surface area contributed by atoms with Crippen molar-refractivity contribution < 1.29 is 28.8 Å². The second kappa shape index (κ2) is 16.0. The summed E-state index contributed by atoms with van der Waals surface area (Å²) in [7, 11) is 3.33. The van der Waals surface area contributed by atoms with Gasteiger partial charge in [-0.05, 0) is 79.0 Å². The smallest absolute Gasteiger partial charge is 0.302 e. The molecule has 3 rings (SSSR count). The summed E-state index contributed by atoms with van der Waals surface area (Å²) in [4.78, 5) is 11.7. The highest BCUT2D eigenvalue weighted by Crippen LogP contribution is 2.41. The van der Waals surface area contributed by atoms with Gasteiger partial charge in [0.2, 0.25) is 0 Å². The van der Waals surface area contributed by atoms with Gasteiger partial charge in [-0.3, -0.25) is 4.79 Å². The molecule has 216 valence electrons. The van der Waals surface area contributed by atoms with Crippen LogP contribution in [0.5, 0.6) is 11.5 Å². The number of hydrogen-bond donors (Lipinski definition) is 1. The van der Waals surface area contributed by atoms with Crippen LogP contribution < -0.4 is 9.47 Å². The Balaban J connectivity index is 1.80. The van der Waals surface area contributed by atoms with Crippen molar-refractivity contribution >= 4 is 5.97 Å². The van der Waals surface area contributed by atoms with Crippen molar-refractivity contribution in [2.75, 3.05) is 27.4 Å². The van der Waals surface area contributed by atoms with Crippen LogP contribution in [0.4, 0.5) is 0 Å². The highest BCUT2D eigenvalue weighted by atomic mass is 16.5. The Morgan fingerprint density at radius 3 is 1.80 bits per heavy atom. The van der Waals surface area contributed by atoms with Gasteiger partial charge in [-0.1, -0.05) is 67.9 Å². The van der Waals surface area contributed by atoms with E-state index < -0.39 is 5.60 Å². The number of aliphatic hydroxyl groups excluding tert-OH is 1. The van der Waals surface area contributed by atoms with Crippen LogP contribution in [0.15, 0.2) is 78.9 Å². The molecule has 40 heavy (non-hydrogen) atoms. The van der Waals surface area contributed by atoms with Gasteiger partial charge in [0.05, 0.1) is 14.2 Å². The van der Waals surface area contributed by atoms with Crippen molar-refractivity contribution in [3.05, 3.63) is 95.6 Å². The molecule has 0 amide bonds. The Labute approximate surface area is 239 Å². The number of methoxy groups -OCH3 is 2. The number of rotatable bonds is 17. The molecule has 0 aliphatic rings. The van der Waals surface area contributed by atoms with Crippen molar-refractivity contribution in [3.8, 4) is 11.5 Å². The van der Waals surface area contributed by atoms with Crippen LogP contribution in [-0.4, -0.2) is 44.6 Å². The maximum Gasteiger partial charge on any atom is 0.302 e. The van der Waals surface area contributed by atoms with Gasteiger partial charge in [0.1, 0.15) is 23.2 Å². The molecule has 0 saturated heterocycles. The van der Waals surface area contributed by atoms with Crippen molar-refractivity contribution in [1.82, 2.24) is 0 Å². The SMILES string of the molecule is COc1ccc(C(OCCCCCC(OC(C)=O)C(C)CCCO)(c2ccccc2)c2ccc(OC)cc2)cc1. The van der Waals surface area contributed by atoms with E-state index in [1.165, 1.54) is 6.92 Å². The molecule has 0 aliphatic heterocycles. The molecule has 3 aromatic rings. The fourth-order valence-corrected chi connectivity index (χ4v) is 5.20. The first-order valence-electron chi connectivity index (χ1n) is 14.2. The molecule has 2 unspecified atom stereocenters. The van der Waals surface area contributed by atoms with Gasteiger partial charge in [0.25, 0.3) is 0 Å². The van der Waals surface area contributed by atoms with Crippen molar-refractivity contribution in [2.45, 2.75) is 64.1 Å². The topological polar surface area (TPSA) is 74.2 Å². The van der Waals surface area contributed by atoms with Gasteiger partial charge in [0.15, 0.2) is 0 Å². The van der Waals surface area contributed by atoms with Gasteiger partial charge in [-0.2, -0.15) is 0 Å². The molecule has 6 heteroatoms. The van der Waals surface area contributed by atoms with E-state index in [1.54, 1.807) is 14.2 Å². The molecule has 0 fully saturated rings. The fraction of sp³-hybridized carbons (Fsp3) is 0.441. The Hall–Kier alpha value is -3.35. The van der Waals surface area contributed by atoms with Gasteiger partial charge < -0.3 is 24.1 Å². The van der Waals surface area contributed by atoms with Crippen LogP contribution in [0.25, 0.3) is 0 Å². The lowest BCUT2D eigenvalue weighted by Gasteiger charge is -2.36. The number of ether oxygens (including phenoxy) is 4. The molecule has 6 nitrogen and oxygen atoms in total. The number of hydrogen-bond acceptors (Lipinski definition) is 6. The van der Waals surface area contributed by atoms with E-state index in [-0.39, 0.29) is 24.6 Å². The van der Waals surface area contributed by atoms with Crippen LogP contribution >= 0.6 is 0 Å². The van der Waals surface area contributed by atoms with Crippen molar-refractivity contribution in [1.29, 1.82) is 0 Å². The third-order valence-electron chi connectivity index (χ3n) is 7.39. The summed E-state index contributed by atoms with van der Waals surface area (Å²) in [5.74, 6) is 1.53. The predicted molar refractivity (Wildman–Crippen MR) is 158 cm³/mol. The van der Waals surface area contributed by atoms with Crippen LogP contribution in [0, 0.1) is 5.92 Å². The standard InChI is InChI=1S/C34H44O6/c1-26(12-11-24-35)33(40-27(2)36)15-9-6-10-25-39-34(28-13-7-5-8-14-28,29-16-20-31(37-3)21-17-29)30-18-22-32(38-4)23-19-30/h5,7-8,13-14,16-23,26,33,35H,6,9-12,15,24-25H2,1-4H3. The summed E-state index contributed by atoms with van der Waals surface area (Å²) < 4.78 is 23.4. The predicted octanol–water partition coefficient (Wildman–Crippen LogP) is 6.91. The zero-order valence-corrected chi connectivity index (χ0v) is 24.3. The number of unbranched alkanes of at least 4 members (excludes halogenated alkanes) is 2. The quantitative estimate of drug-likeness (QED) is 0.112. The van der Waals surface area contributed by atoms with Crippen molar-refractivity contribution in [3.63, 3.8) is 0 Å². The molecule has 0 bridgehead atoms. The molecule has 0 heterocycles. The van der Waals surface area contributed by atoms with Crippen molar-refractivity contribution in [2.24, 2.45) is 5.92 Å². The number of benzene rings is 3. The zero-order chi connectivity index (χ0) is 28.8. The maximum atomic E-state index is 11.7. The average Bonchev–Trinajstić information content (AvgIpc) is 2.99. The summed E-state index contributed by atoms with van der Waals surface area (Å²) in [6.07, 6.45) is 4.94. The van der Waals surface area contributed by atoms with Crippen LogP contribution in [-0.2, 0) is 19.9 Å². The first kappa shape index (κ1) is 31.2. The molecule has 0 radical (unpaired) electrons. The summed E-state index contributed by atoms with van der Waals surface area (Å²) in [6.45, 7) is 4.25. The van der Waals surface area contributed by atoms with Gasteiger partial charge >= 0.3 is 5.97 Å². The molecule has 0 aromatic heterocycles. The average molecular weight is 549 g/mol. The van der Waals surface area contributed by atoms with E-state index in [2.05, 4.69) is 43.3 Å². The Bertz CT molecular complexity index is 1080. The maximum absolute atomic E-state index is 11.7. The number of carbonyl (C=O) groups excluding carboxylic acids is 1. The van der Waals surface area contributed by atoms with Gasteiger partial charge in [0, 0.05) is 20.1 Å². The van der Waals surface area contributed by atoms with E-state index >= 15 is 0 Å². The Morgan fingerprint density at radius 2 is 1.30 bits per heavy atom. The zero-order valence-electron chi connectivity index (χ0n) is 24.3. The lowest BCUT2D eigenvalue weighted by molar-refractivity contribution is -0.149. The first-order valence-corrected chi connectivity index (χ1v) is 14.2. The number of carbonyl (C=O) groups is 1. The minimum absolute atomic E-state index is 0.132. The van der Waals surface area contributed by atoms with E-state index in [9.17, 15) is 9.90 Å². The van der Waals surface area contributed by atoms with Gasteiger partial charge in [-0.25, -0.2) is 0 Å². The molecule has 0 spiro atoms. The minimum atomic E-state index is -0.821. The summed E-state index contributed by atoms with van der Waals surface area (Å²) in [5.41, 5.74) is 2.24. The molecule has 3 aromatic carbocycles. The fourth-order valence-electron chi connectivity index (χ4n) is 5.20. The monoisotopic (exact) mass is 548 g/mol. The molecular formula is C34H44O6. The second-order valence-electron chi connectivity index (χ2n) is 10.2. The first-order chi connectivity index (χ1) is 19.4. The number of esters is 1. The largest absolute Gasteiger partial charge is 0.497 e. The summed E-state index contributed by atoms with van der Waals surface area (Å²) in [6, 6.07) is 26.4. The van der Waals surface area contributed by atoms with E-state index in [4.69, 9.17) is 18.9 Å². The third-order valence-corrected chi connectivity index (χ3v) is 7.39. The third kappa shape index (κ3) is 8.33. The second-order valence-corrected chi connectivity index (χ2v) is 10.2. The van der Waals surface area contributed by atoms with Crippen LogP contribution in [0.3, 0.4) is 0 Å². The normalized spacial score (nSPS) is 12.9. The molecule has 0 saturated carbocycles. The Kier molecular flexibility index (Phi) is 12.5. The van der Waals surface area contributed by atoms with E-state index in [1.807, 2.05) is 42.5 Å². The lowest BCUT2D eigenvalue weighted by Crippen LogP contribution is -2.33. The number of aliphatic hydroxyl groups is 1. The van der Waals surface area contributed by atoms with Crippen LogP contribution in [0.1, 0.15) is 69.1 Å². The minimum Gasteiger partial charge on any atom is -0.497 e. The Morgan fingerprint density at radius 1 is 0.750 bits per heavy atom. The van der Waals surface area contributed by atoms with E-state index in [0.29, 0.717) is 13.0 Å². The summed E-state index contributed by atoms with van der Waals surface area (Å²) in [5, 5.41) is 9.18. The summed E-state index contributed by atoms with van der Waals surface area (Å²) >= 11 is 0.